The van der Waals surface area contributed by atoms with Gasteiger partial charge in [0.1, 0.15) is 5.82 Å². The Bertz CT molecular complexity index is 498. The molecule has 1 atom stereocenters. The highest BCUT2D eigenvalue weighted by atomic mass is 35.5. The number of rotatable bonds is 4. The van der Waals surface area contributed by atoms with Crippen molar-refractivity contribution in [2.24, 2.45) is 5.73 Å². The molecule has 0 spiro atoms. The third-order valence-electron chi connectivity index (χ3n) is 2.55. The molecule has 0 aliphatic heterocycles. The van der Waals surface area contributed by atoms with Crippen molar-refractivity contribution in [2.75, 3.05) is 6.54 Å². The molecular weight excluding hydrogens is 269 g/mol. The van der Waals surface area contributed by atoms with Gasteiger partial charge in [-0.3, -0.25) is 0 Å². The molecule has 2 aromatic carbocycles. The third-order valence-corrected chi connectivity index (χ3v) is 4.09. The second-order valence-electron chi connectivity index (χ2n) is 3.85. The first-order valence-corrected chi connectivity index (χ1v) is 6.82. The lowest BCUT2D eigenvalue weighted by Gasteiger charge is -2.14. The van der Waals surface area contributed by atoms with Crippen molar-refractivity contribution in [3.63, 3.8) is 0 Å². The largest absolute Gasteiger partial charge is 0.329 e. The van der Waals surface area contributed by atoms with Gasteiger partial charge in [0.15, 0.2) is 0 Å². The smallest absolute Gasteiger partial charge is 0.123 e. The standard InChI is InChI=1S/C14H13ClFNS/c15-11-3-7-13(8-4-11)18-14(9-17)10-1-5-12(16)6-2-10/h1-8,14H,9,17H2. The fourth-order valence-electron chi connectivity index (χ4n) is 1.61. The summed E-state index contributed by atoms with van der Waals surface area (Å²) in [6, 6.07) is 14.1. The summed E-state index contributed by atoms with van der Waals surface area (Å²) < 4.78 is 12.9. The van der Waals surface area contributed by atoms with Crippen molar-refractivity contribution < 1.29 is 4.39 Å². The third kappa shape index (κ3) is 3.48. The van der Waals surface area contributed by atoms with Crippen LogP contribution >= 0.6 is 23.4 Å². The molecule has 0 amide bonds. The van der Waals surface area contributed by atoms with E-state index in [2.05, 4.69) is 0 Å². The molecule has 0 aliphatic carbocycles. The topological polar surface area (TPSA) is 26.0 Å². The minimum atomic E-state index is -0.231. The van der Waals surface area contributed by atoms with E-state index in [-0.39, 0.29) is 11.1 Å². The fourth-order valence-corrected chi connectivity index (χ4v) is 2.74. The van der Waals surface area contributed by atoms with Crippen molar-refractivity contribution >= 4 is 23.4 Å². The van der Waals surface area contributed by atoms with E-state index >= 15 is 0 Å². The minimum absolute atomic E-state index is 0.117. The van der Waals surface area contributed by atoms with Gasteiger partial charge in [-0.1, -0.05) is 23.7 Å². The van der Waals surface area contributed by atoms with E-state index in [0.29, 0.717) is 11.6 Å². The monoisotopic (exact) mass is 281 g/mol. The molecule has 1 unspecified atom stereocenters. The van der Waals surface area contributed by atoms with Gasteiger partial charge in [0.2, 0.25) is 0 Å². The van der Waals surface area contributed by atoms with E-state index in [1.54, 1.807) is 23.9 Å². The Morgan fingerprint density at radius 1 is 1.06 bits per heavy atom. The van der Waals surface area contributed by atoms with Crippen LogP contribution in [0.4, 0.5) is 4.39 Å². The molecule has 0 fully saturated rings. The van der Waals surface area contributed by atoms with Gasteiger partial charge in [-0.2, -0.15) is 0 Å². The zero-order chi connectivity index (χ0) is 13.0. The number of nitrogens with two attached hydrogens (primary N) is 1. The summed E-state index contributed by atoms with van der Waals surface area (Å²) in [5.74, 6) is -0.231. The molecule has 0 bridgehead atoms. The predicted octanol–water partition coefficient (Wildman–Crippen LogP) is 4.27. The average Bonchev–Trinajstić information content (AvgIpc) is 2.39. The van der Waals surface area contributed by atoms with Crippen LogP contribution in [-0.2, 0) is 0 Å². The van der Waals surface area contributed by atoms with E-state index in [1.165, 1.54) is 12.1 Å². The highest BCUT2D eigenvalue weighted by Crippen LogP contribution is 2.34. The van der Waals surface area contributed by atoms with Gasteiger partial charge < -0.3 is 5.73 Å². The summed E-state index contributed by atoms with van der Waals surface area (Å²) in [6.07, 6.45) is 0. The Balaban J connectivity index is 2.14. The maximum absolute atomic E-state index is 12.9. The SMILES string of the molecule is NCC(Sc1ccc(Cl)cc1)c1ccc(F)cc1. The first-order valence-electron chi connectivity index (χ1n) is 5.57. The molecule has 0 aliphatic rings. The van der Waals surface area contributed by atoms with E-state index < -0.39 is 0 Å². The lowest BCUT2D eigenvalue weighted by Crippen LogP contribution is -2.09. The Labute approximate surface area is 115 Å². The second kappa shape index (κ2) is 6.23. The summed E-state index contributed by atoms with van der Waals surface area (Å²) in [4.78, 5) is 1.10. The molecule has 2 aromatic rings. The van der Waals surface area contributed by atoms with Crippen LogP contribution in [0.25, 0.3) is 0 Å². The lowest BCUT2D eigenvalue weighted by atomic mass is 10.1. The summed E-state index contributed by atoms with van der Waals surface area (Å²) in [7, 11) is 0. The van der Waals surface area contributed by atoms with Crippen molar-refractivity contribution in [1.29, 1.82) is 0 Å². The molecular formula is C14H13ClFNS. The molecule has 18 heavy (non-hydrogen) atoms. The molecule has 4 heteroatoms. The fraction of sp³-hybridized carbons (Fsp3) is 0.143. The highest BCUT2D eigenvalue weighted by Gasteiger charge is 2.11. The molecule has 94 valence electrons. The van der Waals surface area contributed by atoms with E-state index in [4.69, 9.17) is 17.3 Å². The normalized spacial score (nSPS) is 12.4. The molecule has 0 aromatic heterocycles. The maximum Gasteiger partial charge on any atom is 0.123 e. The van der Waals surface area contributed by atoms with Crippen molar-refractivity contribution in [1.82, 2.24) is 0 Å². The van der Waals surface area contributed by atoms with Gasteiger partial charge in [-0.15, -0.1) is 11.8 Å². The number of thioether (sulfide) groups is 1. The van der Waals surface area contributed by atoms with Crippen LogP contribution in [-0.4, -0.2) is 6.54 Å². The number of hydrogen-bond acceptors (Lipinski definition) is 2. The Kier molecular flexibility index (Phi) is 4.64. The molecule has 0 saturated heterocycles. The van der Waals surface area contributed by atoms with Crippen LogP contribution in [0, 0.1) is 5.82 Å². The predicted molar refractivity (Wildman–Crippen MR) is 75.5 cm³/mol. The van der Waals surface area contributed by atoms with Crippen LogP contribution in [0.15, 0.2) is 53.4 Å². The van der Waals surface area contributed by atoms with Crippen molar-refractivity contribution in [3.05, 3.63) is 64.9 Å². The quantitative estimate of drug-likeness (QED) is 0.847. The van der Waals surface area contributed by atoms with Crippen LogP contribution in [0.1, 0.15) is 10.8 Å². The summed E-state index contributed by atoms with van der Waals surface area (Å²) in [5.41, 5.74) is 6.81. The Morgan fingerprint density at radius 3 is 2.22 bits per heavy atom. The molecule has 2 rings (SSSR count). The molecule has 0 radical (unpaired) electrons. The number of benzene rings is 2. The zero-order valence-electron chi connectivity index (χ0n) is 9.64. The maximum atomic E-state index is 12.9. The summed E-state index contributed by atoms with van der Waals surface area (Å²) in [6.45, 7) is 0.499. The molecule has 0 heterocycles. The van der Waals surface area contributed by atoms with Crippen molar-refractivity contribution in [3.8, 4) is 0 Å². The van der Waals surface area contributed by atoms with Gasteiger partial charge >= 0.3 is 0 Å². The van der Waals surface area contributed by atoms with Crippen molar-refractivity contribution in [2.45, 2.75) is 10.1 Å². The van der Waals surface area contributed by atoms with E-state index in [1.807, 2.05) is 24.3 Å². The minimum Gasteiger partial charge on any atom is -0.329 e. The van der Waals surface area contributed by atoms with Crippen LogP contribution in [0.5, 0.6) is 0 Å². The summed E-state index contributed by atoms with van der Waals surface area (Å²) >= 11 is 7.49. The van der Waals surface area contributed by atoms with Gasteiger partial charge in [0.05, 0.1) is 0 Å². The highest BCUT2D eigenvalue weighted by molar-refractivity contribution is 7.99. The average molecular weight is 282 g/mol. The van der Waals surface area contributed by atoms with E-state index in [0.717, 1.165) is 10.5 Å². The lowest BCUT2D eigenvalue weighted by molar-refractivity contribution is 0.627. The first-order chi connectivity index (χ1) is 8.69. The zero-order valence-corrected chi connectivity index (χ0v) is 11.2. The Hall–Kier alpha value is -1.03. The van der Waals surface area contributed by atoms with Crippen LogP contribution in [0.3, 0.4) is 0 Å². The van der Waals surface area contributed by atoms with Gasteiger partial charge in [-0.25, -0.2) is 4.39 Å². The molecule has 0 saturated carbocycles. The van der Waals surface area contributed by atoms with Crippen LogP contribution in [0.2, 0.25) is 5.02 Å². The summed E-state index contributed by atoms with van der Waals surface area (Å²) in [5, 5.41) is 0.831. The number of hydrogen-bond donors (Lipinski definition) is 1. The molecule has 2 N–H and O–H groups in total. The second-order valence-corrected chi connectivity index (χ2v) is 5.56. The van der Waals surface area contributed by atoms with Crippen LogP contribution < -0.4 is 5.73 Å². The molecule has 1 nitrogen and oxygen atoms in total. The van der Waals surface area contributed by atoms with Gasteiger partial charge in [0, 0.05) is 21.7 Å². The first kappa shape index (κ1) is 13.4. The number of halogens is 2. The van der Waals surface area contributed by atoms with E-state index in [9.17, 15) is 4.39 Å². The van der Waals surface area contributed by atoms with Gasteiger partial charge in [0.25, 0.3) is 0 Å². The van der Waals surface area contributed by atoms with Gasteiger partial charge in [-0.05, 0) is 42.0 Å². The Morgan fingerprint density at radius 2 is 1.67 bits per heavy atom.